The molecule has 2 heterocycles. The van der Waals surface area contributed by atoms with E-state index in [-0.39, 0.29) is 29.2 Å². The Morgan fingerprint density at radius 3 is 2.74 bits per heavy atom. The van der Waals surface area contributed by atoms with Crippen LogP contribution in [0.2, 0.25) is 0 Å². The number of likely N-dealkylation sites (tertiary alicyclic amines) is 1. The molecule has 1 aliphatic heterocycles. The molecule has 0 N–H and O–H groups in total. The second-order valence-corrected chi connectivity index (χ2v) is 6.13. The fraction of sp³-hybridized carbons (Fsp3) is 0.333. The molecular formula is C18H19FN2O2. The number of hydrogen-bond donors (Lipinski definition) is 0. The number of rotatable bonds is 2. The molecule has 3 rings (SSSR count). The van der Waals surface area contributed by atoms with E-state index in [2.05, 4.69) is 6.92 Å². The highest BCUT2D eigenvalue weighted by atomic mass is 19.1. The Kier molecular flexibility index (Phi) is 4.03. The molecule has 23 heavy (non-hydrogen) atoms. The number of carbonyl (C=O) groups is 1. The highest BCUT2D eigenvalue weighted by molar-refractivity contribution is 5.94. The largest absolute Gasteiger partial charge is 0.331 e. The minimum Gasteiger partial charge on any atom is -0.331 e. The average Bonchev–Trinajstić information content (AvgIpc) is 2.91. The van der Waals surface area contributed by atoms with E-state index >= 15 is 0 Å². The number of hydrogen-bond acceptors (Lipinski definition) is 2. The van der Waals surface area contributed by atoms with Crippen molar-refractivity contribution in [2.24, 2.45) is 13.0 Å². The van der Waals surface area contributed by atoms with E-state index in [0.717, 1.165) is 12.0 Å². The van der Waals surface area contributed by atoms with E-state index in [4.69, 9.17) is 0 Å². The summed E-state index contributed by atoms with van der Waals surface area (Å²) in [5.74, 6) is -0.240. The number of benzene rings is 1. The van der Waals surface area contributed by atoms with E-state index in [1.807, 2.05) is 6.07 Å². The van der Waals surface area contributed by atoms with Gasteiger partial charge in [-0.05, 0) is 36.1 Å². The summed E-state index contributed by atoms with van der Waals surface area (Å²) in [5.41, 5.74) is 0.959. The van der Waals surface area contributed by atoms with Crippen molar-refractivity contribution in [3.05, 3.63) is 69.9 Å². The van der Waals surface area contributed by atoms with Crippen molar-refractivity contribution in [2.45, 2.75) is 19.4 Å². The first-order valence-corrected chi connectivity index (χ1v) is 7.70. The van der Waals surface area contributed by atoms with Crippen LogP contribution >= 0.6 is 0 Å². The van der Waals surface area contributed by atoms with Crippen LogP contribution < -0.4 is 5.56 Å². The number of amides is 1. The van der Waals surface area contributed by atoms with E-state index in [9.17, 15) is 14.0 Å². The van der Waals surface area contributed by atoms with Crippen LogP contribution in [0.3, 0.4) is 0 Å². The van der Waals surface area contributed by atoms with E-state index < -0.39 is 0 Å². The molecule has 2 aromatic rings. The minimum atomic E-state index is -0.303. The Labute approximate surface area is 134 Å². The number of pyridine rings is 1. The number of nitrogens with zero attached hydrogens (tertiary/aromatic N) is 2. The number of halogens is 1. The van der Waals surface area contributed by atoms with Gasteiger partial charge in [-0.15, -0.1) is 0 Å². The molecule has 0 aliphatic carbocycles. The van der Waals surface area contributed by atoms with Gasteiger partial charge in [0.15, 0.2) is 0 Å². The van der Waals surface area contributed by atoms with Crippen LogP contribution in [0.15, 0.2) is 47.4 Å². The van der Waals surface area contributed by atoms with Crippen molar-refractivity contribution in [3.63, 3.8) is 0 Å². The van der Waals surface area contributed by atoms with E-state index in [1.165, 1.54) is 22.8 Å². The van der Waals surface area contributed by atoms with Gasteiger partial charge in [-0.25, -0.2) is 4.39 Å². The Morgan fingerprint density at radius 1 is 1.26 bits per heavy atom. The lowest BCUT2D eigenvalue weighted by molar-refractivity contribution is 0.0720. The predicted octanol–water partition coefficient (Wildman–Crippen LogP) is 2.75. The van der Waals surface area contributed by atoms with Gasteiger partial charge in [0.05, 0.1) is 6.04 Å². The van der Waals surface area contributed by atoms with Crippen molar-refractivity contribution < 1.29 is 9.18 Å². The molecule has 0 radical (unpaired) electrons. The molecule has 0 spiro atoms. The minimum absolute atomic E-state index is 0.165. The zero-order valence-corrected chi connectivity index (χ0v) is 13.2. The number of aromatic nitrogens is 1. The molecule has 4 nitrogen and oxygen atoms in total. The van der Waals surface area contributed by atoms with Crippen LogP contribution in [0.5, 0.6) is 0 Å². The van der Waals surface area contributed by atoms with Crippen molar-refractivity contribution >= 4 is 5.91 Å². The molecule has 1 aromatic carbocycles. The van der Waals surface area contributed by atoms with Crippen molar-refractivity contribution in [1.82, 2.24) is 9.47 Å². The molecule has 0 bridgehead atoms. The molecular weight excluding hydrogens is 295 g/mol. The van der Waals surface area contributed by atoms with Gasteiger partial charge in [-0.2, -0.15) is 0 Å². The van der Waals surface area contributed by atoms with Crippen LogP contribution in [0.4, 0.5) is 4.39 Å². The standard InChI is InChI=1S/C18H19FN2O2/c1-12-6-9-21(17(12)13-4-3-5-15(19)10-13)18(23)14-7-8-20(2)16(22)11-14/h3-5,7-8,10-12,17H,6,9H2,1-2H3/t12-,17+/m1/s1. The maximum atomic E-state index is 13.5. The predicted molar refractivity (Wildman–Crippen MR) is 85.6 cm³/mol. The fourth-order valence-electron chi connectivity index (χ4n) is 3.22. The smallest absolute Gasteiger partial charge is 0.254 e. The van der Waals surface area contributed by atoms with Crippen LogP contribution in [-0.2, 0) is 7.05 Å². The van der Waals surface area contributed by atoms with Crippen LogP contribution in [0, 0.1) is 11.7 Å². The molecule has 1 amide bonds. The highest BCUT2D eigenvalue weighted by Gasteiger charge is 2.36. The molecule has 5 heteroatoms. The maximum Gasteiger partial charge on any atom is 0.254 e. The first-order valence-electron chi connectivity index (χ1n) is 7.70. The summed E-state index contributed by atoms with van der Waals surface area (Å²) in [4.78, 5) is 26.3. The third-order valence-electron chi connectivity index (χ3n) is 4.50. The summed E-state index contributed by atoms with van der Waals surface area (Å²) in [6, 6.07) is 9.23. The number of aryl methyl sites for hydroxylation is 1. The van der Waals surface area contributed by atoms with Crippen molar-refractivity contribution in [1.29, 1.82) is 0 Å². The van der Waals surface area contributed by atoms with Crippen LogP contribution in [0.1, 0.15) is 35.3 Å². The van der Waals surface area contributed by atoms with Gasteiger partial charge in [0.1, 0.15) is 5.82 Å². The maximum absolute atomic E-state index is 13.5. The first-order chi connectivity index (χ1) is 11.0. The fourth-order valence-corrected chi connectivity index (χ4v) is 3.22. The Morgan fingerprint density at radius 2 is 2.04 bits per heavy atom. The Bertz CT molecular complexity index is 800. The molecule has 0 saturated carbocycles. The van der Waals surface area contributed by atoms with Gasteiger partial charge in [-0.3, -0.25) is 9.59 Å². The highest BCUT2D eigenvalue weighted by Crippen LogP contribution is 2.37. The Balaban J connectivity index is 1.95. The molecule has 1 fully saturated rings. The van der Waals surface area contributed by atoms with Gasteiger partial charge < -0.3 is 9.47 Å². The summed E-state index contributed by atoms with van der Waals surface area (Å²) in [7, 11) is 1.64. The lowest BCUT2D eigenvalue weighted by atomic mass is 9.95. The summed E-state index contributed by atoms with van der Waals surface area (Å²) in [5, 5.41) is 0. The van der Waals surface area contributed by atoms with Crippen LogP contribution in [-0.4, -0.2) is 21.9 Å². The van der Waals surface area contributed by atoms with Gasteiger partial charge in [0.2, 0.25) is 0 Å². The molecule has 0 unspecified atom stereocenters. The monoisotopic (exact) mass is 314 g/mol. The molecule has 120 valence electrons. The van der Waals surface area contributed by atoms with Gasteiger partial charge in [0, 0.05) is 31.4 Å². The summed E-state index contributed by atoms with van der Waals surface area (Å²) < 4.78 is 15.0. The SMILES string of the molecule is C[C@@H]1CCN(C(=O)c2ccn(C)c(=O)c2)[C@@H]1c1cccc(F)c1. The summed E-state index contributed by atoms with van der Waals surface area (Å²) >= 11 is 0. The van der Waals surface area contributed by atoms with Gasteiger partial charge in [0.25, 0.3) is 11.5 Å². The van der Waals surface area contributed by atoms with Gasteiger partial charge in [-0.1, -0.05) is 19.1 Å². The summed E-state index contributed by atoms with van der Waals surface area (Å²) in [6.45, 7) is 2.67. The molecule has 1 saturated heterocycles. The van der Waals surface area contributed by atoms with Crippen LogP contribution in [0.25, 0.3) is 0 Å². The zero-order chi connectivity index (χ0) is 16.6. The van der Waals surface area contributed by atoms with Crippen molar-refractivity contribution in [3.8, 4) is 0 Å². The zero-order valence-electron chi connectivity index (χ0n) is 13.2. The van der Waals surface area contributed by atoms with E-state index in [1.54, 1.807) is 30.3 Å². The van der Waals surface area contributed by atoms with E-state index in [0.29, 0.717) is 12.1 Å². The Hall–Kier alpha value is -2.43. The molecule has 1 aromatic heterocycles. The summed E-state index contributed by atoms with van der Waals surface area (Å²) in [6.07, 6.45) is 2.45. The normalized spacial score (nSPS) is 20.7. The van der Waals surface area contributed by atoms with Gasteiger partial charge >= 0.3 is 0 Å². The van der Waals surface area contributed by atoms with Crippen molar-refractivity contribution in [2.75, 3.05) is 6.54 Å². The third kappa shape index (κ3) is 2.91. The molecule has 2 atom stereocenters. The second kappa shape index (κ2) is 5.99. The number of carbonyl (C=O) groups excluding carboxylic acids is 1. The molecule has 1 aliphatic rings. The average molecular weight is 314 g/mol. The quantitative estimate of drug-likeness (QED) is 0.855. The lowest BCUT2D eigenvalue weighted by Crippen LogP contribution is -2.33. The first kappa shape index (κ1) is 15.5. The lowest BCUT2D eigenvalue weighted by Gasteiger charge is -2.27. The third-order valence-corrected chi connectivity index (χ3v) is 4.50. The topological polar surface area (TPSA) is 42.3 Å². The second-order valence-electron chi connectivity index (χ2n) is 6.13.